The fourth-order valence-electron chi connectivity index (χ4n) is 4.06. The fraction of sp³-hybridized carbons (Fsp3) is 0.429. The van der Waals surface area contributed by atoms with E-state index in [2.05, 4.69) is 0 Å². The summed E-state index contributed by atoms with van der Waals surface area (Å²) in [4.78, 5) is 2.04. The second-order valence-corrected chi connectivity index (χ2v) is 7.16. The van der Waals surface area contributed by atoms with Gasteiger partial charge in [0.05, 0.1) is 11.7 Å². The summed E-state index contributed by atoms with van der Waals surface area (Å²) in [6.07, 6.45) is -3.90. The van der Waals surface area contributed by atoms with Gasteiger partial charge in [-0.05, 0) is 48.7 Å². The van der Waals surface area contributed by atoms with Crippen molar-refractivity contribution >= 4 is 0 Å². The van der Waals surface area contributed by atoms with Crippen molar-refractivity contribution < 1.29 is 27.8 Å². The molecule has 4 rings (SSSR count). The van der Waals surface area contributed by atoms with E-state index in [-0.39, 0.29) is 18.2 Å². The number of hydrogen-bond acceptors (Lipinski definition) is 4. The van der Waals surface area contributed by atoms with Gasteiger partial charge < -0.3 is 14.6 Å². The average Bonchev–Trinajstić information content (AvgIpc) is 3.15. The van der Waals surface area contributed by atoms with Gasteiger partial charge in [0.15, 0.2) is 11.5 Å². The molecule has 2 aliphatic heterocycles. The molecule has 0 unspecified atom stereocenters. The minimum absolute atomic E-state index is 0.0310. The number of hydrogen-bond donors (Lipinski definition) is 1. The Kier molecular flexibility index (Phi) is 5.21. The summed E-state index contributed by atoms with van der Waals surface area (Å²) in [5, 5.41) is 10.6. The molecule has 0 aromatic heterocycles. The van der Waals surface area contributed by atoms with Gasteiger partial charge in [-0.3, -0.25) is 4.90 Å². The number of aliphatic hydroxyl groups excluding tert-OH is 1. The number of halogens is 3. The van der Waals surface area contributed by atoms with Crippen LogP contribution in [0, 0.1) is 0 Å². The first-order valence-corrected chi connectivity index (χ1v) is 9.41. The van der Waals surface area contributed by atoms with Crippen LogP contribution in [0.2, 0.25) is 0 Å². The first-order chi connectivity index (χ1) is 13.4. The maximum atomic E-state index is 13.3. The number of ether oxygens (including phenoxy) is 2. The van der Waals surface area contributed by atoms with Crippen LogP contribution in [-0.2, 0) is 6.18 Å². The van der Waals surface area contributed by atoms with Crippen molar-refractivity contribution in [3.63, 3.8) is 0 Å². The number of aliphatic hydroxyl groups is 1. The molecule has 2 aromatic carbocycles. The van der Waals surface area contributed by atoms with Gasteiger partial charge in [0.2, 0.25) is 0 Å². The van der Waals surface area contributed by atoms with Crippen molar-refractivity contribution in [2.45, 2.75) is 31.2 Å². The number of fused-ring (bicyclic) bond motifs is 1. The zero-order chi connectivity index (χ0) is 19.7. The molecule has 0 radical (unpaired) electrons. The number of benzene rings is 2. The Bertz CT molecular complexity index is 840. The van der Waals surface area contributed by atoms with Crippen LogP contribution in [0.25, 0.3) is 0 Å². The van der Waals surface area contributed by atoms with Crippen molar-refractivity contribution in [1.82, 2.24) is 4.90 Å². The van der Waals surface area contributed by atoms with Crippen molar-refractivity contribution in [2.75, 3.05) is 26.3 Å². The zero-order valence-corrected chi connectivity index (χ0v) is 15.3. The van der Waals surface area contributed by atoms with Gasteiger partial charge in [-0.2, -0.15) is 13.2 Å². The maximum Gasteiger partial charge on any atom is 0.416 e. The molecule has 2 atom stereocenters. The van der Waals surface area contributed by atoms with Crippen molar-refractivity contribution in [2.24, 2.45) is 0 Å². The third-order valence-corrected chi connectivity index (χ3v) is 5.35. The molecular formula is C21H22F3NO3. The van der Waals surface area contributed by atoms with E-state index in [1.54, 1.807) is 0 Å². The van der Waals surface area contributed by atoms with Crippen LogP contribution in [0.1, 0.15) is 41.7 Å². The van der Waals surface area contributed by atoms with Crippen molar-refractivity contribution in [3.8, 4) is 11.5 Å². The topological polar surface area (TPSA) is 41.9 Å². The Labute approximate surface area is 161 Å². The molecule has 4 nitrogen and oxygen atoms in total. The molecule has 1 N–H and O–H groups in total. The molecule has 1 fully saturated rings. The molecule has 2 heterocycles. The highest BCUT2D eigenvalue weighted by atomic mass is 19.4. The summed E-state index contributed by atoms with van der Waals surface area (Å²) in [7, 11) is 0. The minimum Gasteiger partial charge on any atom is -0.486 e. The van der Waals surface area contributed by atoms with Gasteiger partial charge in [0.25, 0.3) is 0 Å². The van der Waals surface area contributed by atoms with E-state index in [0.717, 1.165) is 31.0 Å². The summed E-state index contributed by atoms with van der Waals surface area (Å²) in [5.41, 5.74) is 0.165. The summed E-state index contributed by atoms with van der Waals surface area (Å²) in [6.45, 7) is 1.89. The highest BCUT2D eigenvalue weighted by molar-refractivity contribution is 5.45. The quantitative estimate of drug-likeness (QED) is 0.839. The van der Waals surface area contributed by atoms with Gasteiger partial charge in [0, 0.05) is 12.6 Å². The SMILES string of the molecule is O[C@@H](CN1CCC[C@@H]1c1ccc2c(c1)OCCO2)c1ccccc1C(F)(F)F. The van der Waals surface area contributed by atoms with E-state index in [0.29, 0.717) is 24.7 Å². The average molecular weight is 393 g/mol. The summed E-state index contributed by atoms with van der Waals surface area (Å²) in [5.74, 6) is 1.40. The lowest BCUT2D eigenvalue weighted by Crippen LogP contribution is -2.29. The normalized spacial score (nSPS) is 20.9. The van der Waals surface area contributed by atoms with Crippen LogP contribution in [0.15, 0.2) is 42.5 Å². The monoisotopic (exact) mass is 393 g/mol. The van der Waals surface area contributed by atoms with E-state index >= 15 is 0 Å². The molecule has 7 heteroatoms. The summed E-state index contributed by atoms with van der Waals surface area (Å²) in [6, 6.07) is 11.0. The molecule has 150 valence electrons. The van der Waals surface area contributed by atoms with Crippen LogP contribution in [0.3, 0.4) is 0 Å². The molecule has 28 heavy (non-hydrogen) atoms. The van der Waals surface area contributed by atoms with Gasteiger partial charge >= 0.3 is 6.18 Å². The van der Waals surface area contributed by atoms with E-state index in [9.17, 15) is 18.3 Å². The maximum absolute atomic E-state index is 13.3. The van der Waals surface area contributed by atoms with Crippen molar-refractivity contribution in [1.29, 1.82) is 0 Å². The van der Waals surface area contributed by atoms with Crippen LogP contribution >= 0.6 is 0 Å². The fourth-order valence-corrected chi connectivity index (χ4v) is 4.06. The Balaban J connectivity index is 1.54. The molecule has 0 bridgehead atoms. The van der Waals surface area contributed by atoms with E-state index < -0.39 is 17.8 Å². The number of likely N-dealkylation sites (tertiary alicyclic amines) is 1. The molecule has 2 aliphatic rings. The molecule has 0 saturated carbocycles. The van der Waals surface area contributed by atoms with Gasteiger partial charge in [-0.25, -0.2) is 0 Å². The molecule has 0 spiro atoms. The first kappa shape index (κ1) is 19.1. The standard InChI is InChI=1S/C21H22F3NO3/c22-21(23,24)16-5-2-1-4-15(16)18(26)13-25-9-3-6-17(25)14-7-8-19-20(12-14)28-11-10-27-19/h1-2,4-5,7-8,12,17-18,26H,3,6,9-11,13H2/t17-,18+/m1/s1. The Morgan fingerprint density at radius 3 is 2.61 bits per heavy atom. The molecule has 1 saturated heterocycles. The summed E-state index contributed by atoms with van der Waals surface area (Å²) >= 11 is 0. The van der Waals surface area contributed by atoms with Crippen LogP contribution in [-0.4, -0.2) is 36.3 Å². The Morgan fingerprint density at radius 2 is 1.82 bits per heavy atom. The predicted molar refractivity (Wildman–Crippen MR) is 97.4 cm³/mol. The zero-order valence-electron chi connectivity index (χ0n) is 15.3. The third kappa shape index (κ3) is 3.82. The van der Waals surface area contributed by atoms with E-state index in [1.807, 2.05) is 23.1 Å². The lowest BCUT2D eigenvalue weighted by molar-refractivity contribution is -0.139. The second-order valence-electron chi connectivity index (χ2n) is 7.16. The molecular weight excluding hydrogens is 371 g/mol. The number of alkyl halides is 3. The third-order valence-electron chi connectivity index (χ3n) is 5.35. The highest BCUT2D eigenvalue weighted by Crippen LogP contribution is 2.40. The van der Waals surface area contributed by atoms with Crippen LogP contribution in [0.4, 0.5) is 13.2 Å². The Hall–Kier alpha value is -2.25. The summed E-state index contributed by atoms with van der Waals surface area (Å²) < 4.78 is 51.0. The van der Waals surface area contributed by atoms with Gasteiger partial charge in [-0.1, -0.05) is 24.3 Å². The number of nitrogens with zero attached hydrogens (tertiary/aromatic N) is 1. The molecule has 0 aliphatic carbocycles. The Morgan fingerprint density at radius 1 is 1.07 bits per heavy atom. The number of rotatable bonds is 4. The number of β-amino-alcohol motifs (C(OH)–C–C–N with tert-alkyl or cyclic N) is 1. The smallest absolute Gasteiger partial charge is 0.416 e. The van der Waals surface area contributed by atoms with Crippen molar-refractivity contribution in [3.05, 3.63) is 59.2 Å². The predicted octanol–water partition coefficient (Wildman–Crippen LogP) is 4.35. The molecule has 2 aromatic rings. The molecule has 0 amide bonds. The largest absolute Gasteiger partial charge is 0.486 e. The second kappa shape index (κ2) is 7.64. The van der Waals surface area contributed by atoms with Gasteiger partial charge in [0.1, 0.15) is 13.2 Å². The minimum atomic E-state index is -4.49. The van der Waals surface area contributed by atoms with E-state index in [4.69, 9.17) is 9.47 Å². The lowest BCUT2D eigenvalue weighted by Gasteiger charge is -2.29. The highest BCUT2D eigenvalue weighted by Gasteiger charge is 2.36. The van der Waals surface area contributed by atoms with Gasteiger partial charge in [-0.15, -0.1) is 0 Å². The van der Waals surface area contributed by atoms with E-state index in [1.165, 1.54) is 18.2 Å². The van der Waals surface area contributed by atoms with Crippen LogP contribution in [0.5, 0.6) is 11.5 Å². The van der Waals surface area contributed by atoms with Crippen LogP contribution < -0.4 is 9.47 Å². The first-order valence-electron chi connectivity index (χ1n) is 9.41. The lowest BCUT2D eigenvalue weighted by atomic mass is 10.00.